The highest BCUT2D eigenvalue weighted by Gasteiger charge is 2.11. The minimum atomic E-state index is -0.280. The molecule has 3 nitrogen and oxygen atoms in total. The van der Waals surface area contributed by atoms with E-state index in [1.54, 1.807) is 17.4 Å². The maximum atomic E-state index is 13.2. The first-order valence-electron chi connectivity index (χ1n) is 5.47. The van der Waals surface area contributed by atoms with Crippen molar-refractivity contribution in [2.45, 2.75) is 6.92 Å². The summed E-state index contributed by atoms with van der Waals surface area (Å²) in [6.07, 6.45) is 0. The van der Waals surface area contributed by atoms with Crippen molar-refractivity contribution in [1.29, 1.82) is 0 Å². The maximum Gasteiger partial charge on any atom is 0.181 e. The van der Waals surface area contributed by atoms with Gasteiger partial charge in [0.2, 0.25) is 0 Å². The highest BCUT2D eigenvalue weighted by molar-refractivity contribution is 7.13. The zero-order valence-corrected chi connectivity index (χ0v) is 10.5. The molecule has 1 aromatic carbocycles. The van der Waals surface area contributed by atoms with E-state index in [4.69, 9.17) is 0 Å². The maximum absolute atomic E-state index is 13.2. The molecule has 0 aliphatic rings. The van der Waals surface area contributed by atoms with Gasteiger partial charge >= 0.3 is 0 Å². The van der Waals surface area contributed by atoms with E-state index in [9.17, 15) is 4.39 Å². The number of rotatable bonds is 2. The SMILES string of the molecule is Cc1ccc(F)cc1-c1n[nH]c(-c2cccs2)n1. The Kier molecular flexibility index (Phi) is 2.68. The average Bonchev–Trinajstić information content (AvgIpc) is 3.00. The van der Waals surface area contributed by atoms with Crippen LogP contribution in [0, 0.1) is 12.7 Å². The van der Waals surface area contributed by atoms with E-state index in [0.29, 0.717) is 17.2 Å². The van der Waals surface area contributed by atoms with Crippen LogP contribution >= 0.6 is 11.3 Å². The third-order valence-electron chi connectivity index (χ3n) is 2.68. The number of hydrogen-bond donors (Lipinski definition) is 1. The molecular formula is C13H10FN3S. The van der Waals surface area contributed by atoms with Crippen molar-refractivity contribution in [3.05, 3.63) is 47.1 Å². The van der Waals surface area contributed by atoms with Crippen molar-refractivity contribution in [2.75, 3.05) is 0 Å². The van der Waals surface area contributed by atoms with Gasteiger partial charge in [-0.25, -0.2) is 9.37 Å². The van der Waals surface area contributed by atoms with Gasteiger partial charge in [-0.05, 0) is 36.1 Å². The molecule has 0 aliphatic carbocycles. The van der Waals surface area contributed by atoms with Gasteiger partial charge < -0.3 is 0 Å². The number of thiophene rings is 1. The van der Waals surface area contributed by atoms with E-state index >= 15 is 0 Å². The standard InChI is InChI=1S/C13H10FN3S/c1-8-4-5-9(14)7-10(8)12-15-13(17-16-12)11-3-2-6-18-11/h2-7H,1H3,(H,15,16,17). The molecule has 3 rings (SSSR count). The molecule has 0 spiro atoms. The number of aryl methyl sites for hydroxylation is 1. The minimum Gasteiger partial charge on any atom is -0.258 e. The summed E-state index contributed by atoms with van der Waals surface area (Å²) in [5, 5.41) is 9.01. The quantitative estimate of drug-likeness (QED) is 0.763. The van der Waals surface area contributed by atoms with E-state index in [1.807, 2.05) is 24.4 Å². The summed E-state index contributed by atoms with van der Waals surface area (Å²) in [5.41, 5.74) is 1.67. The molecule has 0 aliphatic heterocycles. The fourth-order valence-corrected chi connectivity index (χ4v) is 2.40. The van der Waals surface area contributed by atoms with Crippen molar-refractivity contribution in [2.24, 2.45) is 0 Å². The summed E-state index contributed by atoms with van der Waals surface area (Å²) in [6.45, 7) is 1.91. The lowest BCUT2D eigenvalue weighted by Gasteiger charge is -2.00. The first kappa shape index (κ1) is 11.1. The number of aromatic nitrogens is 3. The van der Waals surface area contributed by atoms with Crippen LogP contribution in [0.25, 0.3) is 22.1 Å². The average molecular weight is 259 g/mol. The minimum absolute atomic E-state index is 0.280. The molecule has 0 saturated carbocycles. The molecule has 1 N–H and O–H groups in total. The third-order valence-corrected chi connectivity index (χ3v) is 3.56. The van der Waals surface area contributed by atoms with Crippen LogP contribution in [0.5, 0.6) is 0 Å². The Morgan fingerprint density at radius 1 is 1.28 bits per heavy atom. The van der Waals surface area contributed by atoms with Crippen LogP contribution in [-0.2, 0) is 0 Å². The summed E-state index contributed by atoms with van der Waals surface area (Å²) in [4.78, 5) is 5.42. The van der Waals surface area contributed by atoms with Crippen LogP contribution in [0.4, 0.5) is 4.39 Å². The summed E-state index contributed by atoms with van der Waals surface area (Å²) in [5.74, 6) is 0.956. The Morgan fingerprint density at radius 3 is 2.94 bits per heavy atom. The van der Waals surface area contributed by atoms with Crippen LogP contribution in [-0.4, -0.2) is 15.2 Å². The van der Waals surface area contributed by atoms with Gasteiger partial charge in [-0.2, -0.15) is 5.10 Å². The molecule has 0 amide bonds. The molecule has 0 bridgehead atoms. The van der Waals surface area contributed by atoms with Crippen molar-refractivity contribution in [3.8, 4) is 22.1 Å². The lowest BCUT2D eigenvalue weighted by atomic mass is 10.1. The molecular weight excluding hydrogens is 249 g/mol. The lowest BCUT2D eigenvalue weighted by Crippen LogP contribution is -1.87. The number of aromatic amines is 1. The van der Waals surface area contributed by atoms with E-state index in [1.165, 1.54) is 12.1 Å². The molecule has 18 heavy (non-hydrogen) atoms. The van der Waals surface area contributed by atoms with Crippen LogP contribution in [0.1, 0.15) is 5.56 Å². The number of halogens is 1. The third kappa shape index (κ3) is 1.93. The summed E-state index contributed by atoms with van der Waals surface area (Å²) in [7, 11) is 0. The monoisotopic (exact) mass is 259 g/mol. The van der Waals surface area contributed by atoms with Gasteiger partial charge in [0.1, 0.15) is 5.82 Å². The summed E-state index contributed by atoms with van der Waals surface area (Å²) in [6, 6.07) is 8.54. The Morgan fingerprint density at radius 2 is 2.17 bits per heavy atom. The Bertz CT molecular complexity index is 673. The van der Waals surface area contributed by atoms with E-state index in [0.717, 1.165) is 10.4 Å². The van der Waals surface area contributed by atoms with Crippen LogP contribution in [0.2, 0.25) is 0 Å². The van der Waals surface area contributed by atoms with Gasteiger partial charge in [-0.3, -0.25) is 5.10 Å². The largest absolute Gasteiger partial charge is 0.258 e. The number of hydrogen-bond acceptors (Lipinski definition) is 3. The zero-order chi connectivity index (χ0) is 12.5. The van der Waals surface area contributed by atoms with E-state index in [2.05, 4.69) is 15.2 Å². The highest BCUT2D eigenvalue weighted by atomic mass is 32.1. The fraction of sp³-hybridized carbons (Fsp3) is 0.0769. The molecule has 5 heteroatoms. The van der Waals surface area contributed by atoms with Gasteiger partial charge in [0.15, 0.2) is 11.6 Å². The number of nitrogens with zero attached hydrogens (tertiary/aromatic N) is 2. The van der Waals surface area contributed by atoms with Gasteiger partial charge in [0, 0.05) is 5.56 Å². The fourth-order valence-electron chi connectivity index (χ4n) is 1.74. The predicted molar refractivity (Wildman–Crippen MR) is 69.8 cm³/mol. The molecule has 0 saturated heterocycles. The second kappa shape index (κ2) is 4.34. The number of H-pyrrole nitrogens is 1. The Balaban J connectivity index is 2.05. The van der Waals surface area contributed by atoms with Crippen LogP contribution in [0.15, 0.2) is 35.7 Å². The second-order valence-corrected chi connectivity index (χ2v) is 4.89. The number of benzene rings is 1. The molecule has 90 valence electrons. The predicted octanol–water partition coefficient (Wildman–Crippen LogP) is 3.65. The van der Waals surface area contributed by atoms with Gasteiger partial charge in [-0.1, -0.05) is 12.1 Å². The van der Waals surface area contributed by atoms with E-state index < -0.39 is 0 Å². The van der Waals surface area contributed by atoms with Crippen LogP contribution < -0.4 is 0 Å². The zero-order valence-electron chi connectivity index (χ0n) is 9.64. The second-order valence-electron chi connectivity index (χ2n) is 3.94. The van der Waals surface area contributed by atoms with Crippen molar-refractivity contribution < 1.29 is 4.39 Å². The molecule has 0 atom stereocenters. The smallest absolute Gasteiger partial charge is 0.181 e. The van der Waals surface area contributed by atoms with Crippen molar-refractivity contribution in [1.82, 2.24) is 15.2 Å². The van der Waals surface area contributed by atoms with Crippen LogP contribution in [0.3, 0.4) is 0 Å². The topological polar surface area (TPSA) is 41.6 Å². The molecule has 3 aromatic rings. The molecule has 2 heterocycles. The number of nitrogens with one attached hydrogen (secondary N) is 1. The lowest BCUT2D eigenvalue weighted by molar-refractivity contribution is 0.628. The molecule has 0 radical (unpaired) electrons. The Labute approximate surface area is 107 Å². The van der Waals surface area contributed by atoms with Gasteiger partial charge in [0.25, 0.3) is 0 Å². The first-order valence-corrected chi connectivity index (χ1v) is 6.35. The molecule has 0 unspecified atom stereocenters. The van der Waals surface area contributed by atoms with Crippen molar-refractivity contribution in [3.63, 3.8) is 0 Å². The molecule has 0 fully saturated rings. The first-order chi connectivity index (χ1) is 8.74. The van der Waals surface area contributed by atoms with E-state index in [-0.39, 0.29) is 5.82 Å². The summed E-state index contributed by atoms with van der Waals surface area (Å²) >= 11 is 1.58. The van der Waals surface area contributed by atoms with Gasteiger partial charge in [0.05, 0.1) is 4.88 Å². The molecule has 2 aromatic heterocycles. The summed E-state index contributed by atoms with van der Waals surface area (Å²) < 4.78 is 13.2. The normalized spacial score (nSPS) is 10.8. The van der Waals surface area contributed by atoms with Crippen molar-refractivity contribution >= 4 is 11.3 Å². The van der Waals surface area contributed by atoms with Gasteiger partial charge in [-0.15, -0.1) is 11.3 Å². The highest BCUT2D eigenvalue weighted by Crippen LogP contribution is 2.25. The Hall–Kier alpha value is -2.01.